The van der Waals surface area contributed by atoms with Gasteiger partial charge in [0.25, 0.3) is 0 Å². The smallest absolute Gasteiger partial charge is 0.406 e. The van der Waals surface area contributed by atoms with Crippen molar-refractivity contribution in [3.8, 4) is 0 Å². The van der Waals surface area contributed by atoms with Gasteiger partial charge in [0.15, 0.2) is 0 Å². The van der Waals surface area contributed by atoms with Crippen molar-refractivity contribution in [2.24, 2.45) is 0 Å². The van der Waals surface area contributed by atoms with Crippen LogP contribution in [0.2, 0.25) is 0 Å². The van der Waals surface area contributed by atoms with Gasteiger partial charge in [-0.3, -0.25) is 0 Å². The molecule has 2 amide bonds. The first kappa shape index (κ1) is 15.9. The summed E-state index contributed by atoms with van der Waals surface area (Å²) in [6.45, 7) is -0.237. The fourth-order valence-corrected chi connectivity index (χ4v) is 1.41. The van der Waals surface area contributed by atoms with Crippen LogP contribution in [0, 0.1) is 0 Å². The summed E-state index contributed by atoms with van der Waals surface area (Å²) in [4.78, 5) is 22.7. The monoisotopic (exact) mass is 294 g/mol. The van der Waals surface area contributed by atoms with Crippen LogP contribution < -0.4 is 5.32 Å². The third-order valence-corrected chi connectivity index (χ3v) is 2.33. The molecule has 0 spiro atoms. The number of nitrogens with zero attached hydrogens (tertiary/aromatic N) is 1. The van der Waals surface area contributed by atoms with Crippen molar-refractivity contribution in [3.05, 3.63) is 23.7 Å². The summed E-state index contributed by atoms with van der Waals surface area (Å²) in [6.07, 6.45) is -4.48. The molecule has 1 aromatic rings. The Balaban J connectivity index is 2.54. The Morgan fingerprint density at radius 1 is 1.40 bits per heavy atom. The summed E-state index contributed by atoms with van der Waals surface area (Å²) in [7, 11) is 0. The quantitative estimate of drug-likeness (QED) is 0.871. The highest BCUT2D eigenvalue weighted by Crippen LogP contribution is 2.16. The molecule has 2 N–H and O–H groups in total. The lowest BCUT2D eigenvalue weighted by molar-refractivity contribution is -0.139. The van der Waals surface area contributed by atoms with E-state index in [9.17, 15) is 22.8 Å². The van der Waals surface area contributed by atoms with Crippen LogP contribution in [0.5, 0.6) is 0 Å². The average Bonchev–Trinajstić information content (AvgIpc) is 2.80. The molecule has 1 aromatic heterocycles. The van der Waals surface area contributed by atoms with E-state index in [4.69, 9.17) is 9.52 Å². The lowest BCUT2D eigenvalue weighted by atomic mass is 10.4. The van der Waals surface area contributed by atoms with E-state index in [-0.39, 0.29) is 24.6 Å². The van der Waals surface area contributed by atoms with Crippen molar-refractivity contribution in [3.63, 3.8) is 0 Å². The van der Waals surface area contributed by atoms with Crippen molar-refractivity contribution >= 4 is 12.0 Å². The fraction of sp³-hybridized carbons (Fsp3) is 0.455. The van der Waals surface area contributed by atoms with E-state index in [0.717, 1.165) is 0 Å². The molecular weight excluding hydrogens is 281 g/mol. The molecule has 112 valence electrons. The van der Waals surface area contributed by atoms with Crippen LogP contribution in [0.25, 0.3) is 0 Å². The van der Waals surface area contributed by atoms with Gasteiger partial charge in [-0.1, -0.05) is 0 Å². The molecule has 0 aliphatic rings. The van der Waals surface area contributed by atoms with Crippen LogP contribution in [-0.4, -0.2) is 41.3 Å². The van der Waals surface area contributed by atoms with Gasteiger partial charge in [-0.15, -0.1) is 0 Å². The number of nitrogens with one attached hydrogen (secondary N) is 1. The number of amides is 2. The minimum Gasteiger partial charge on any atom is -0.475 e. The number of hydrogen-bond donors (Lipinski definition) is 2. The molecule has 0 aliphatic heterocycles. The van der Waals surface area contributed by atoms with E-state index in [0.29, 0.717) is 4.90 Å². The van der Waals surface area contributed by atoms with Gasteiger partial charge in [0.2, 0.25) is 5.76 Å². The number of carbonyl (C=O) groups is 2. The van der Waals surface area contributed by atoms with Crippen LogP contribution >= 0.6 is 0 Å². The van der Waals surface area contributed by atoms with Crippen LogP contribution in [0.3, 0.4) is 0 Å². The molecule has 1 rings (SSSR count). The van der Waals surface area contributed by atoms with E-state index in [1.54, 1.807) is 0 Å². The molecule has 0 aromatic carbocycles. The second-order valence-electron chi connectivity index (χ2n) is 3.86. The number of hydrogen-bond acceptors (Lipinski definition) is 3. The molecule has 0 saturated heterocycles. The lowest BCUT2D eigenvalue weighted by Gasteiger charge is -2.22. The minimum atomic E-state index is -4.48. The molecule has 0 unspecified atom stereocenters. The molecule has 0 fully saturated rings. The van der Waals surface area contributed by atoms with Crippen LogP contribution in [0.1, 0.15) is 23.2 Å². The van der Waals surface area contributed by atoms with Crippen molar-refractivity contribution < 1.29 is 32.3 Å². The molecule has 6 nitrogen and oxygen atoms in total. The lowest BCUT2D eigenvalue weighted by Crippen LogP contribution is -2.44. The summed E-state index contributed by atoms with van der Waals surface area (Å²) in [5.74, 6) is -1.44. The summed E-state index contributed by atoms with van der Waals surface area (Å²) < 4.78 is 41.5. The van der Waals surface area contributed by atoms with E-state index in [1.807, 2.05) is 0 Å². The van der Waals surface area contributed by atoms with Gasteiger partial charge in [-0.25, -0.2) is 9.59 Å². The predicted molar refractivity (Wildman–Crippen MR) is 61.2 cm³/mol. The number of carboxylic acids is 1. The number of alkyl halides is 3. The van der Waals surface area contributed by atoms with Crippen LogP contribution in [-0.2, 0) is 6.54 Å². The third kappa shape index (κ3) is 4.82. The summed E-state index contributed by atoms with van der Waals surface area (Å²) in [5.41, 5.74) is 0. The third-order valence-electron chi connectivity index (χ3n) is 2.33. The average molecular weight is 294 g/mol. The number of halogens is 3. The molecule has 20 heavy (non-hydrogen) atoms. The van der Waals surface area contributed by atoms with Gasteiger partial charge >= 0.3 is 18.2 Å². The van der Waals surface area contributed by atoms with Gasteiger partial charge in [-0.2, -0.15) is 13.2 Å². The maximum Gasteiger partial charge on any atom is 0.406 e. The van der Waals surface area contributed by atoms with Crippen molar-refractivity contribution in [2.45, 2.75) is 19.6 Å². The summed E-state index contributed by atoms with van der Waals surface area (Å²) in [6, 6.07) is 1.61. The zero-order chi connectivity index (χ0) is 15.3. The first-order valence-electron chi connectivity index (χ1n) is 5.64. The highest BCUT2D eigenvalue weighted by atomic mass is 19.4. The van der Waals surface area contributed by atoms with Crippen molar-refractivity contribution in [1.29, 1.82) is 0 Å². The number of carboxylic acid groups (broad SMARTS) is 1. The maximum atomic E-state index is 12.2. The number of furan rings is 1. The minimum absolute atomic E-state index is 0.107. The fourth-order valence-electron chi connectivity index (χ4n) is 1.41. The van der Waals surface area contributed by atoms with Crippen molar-refractivity contribution in [2.75, 3.05) is 13.1 Å². The highest BCUT2D eigenvalue weighted by molar-refractivity contribution is 5.84. The zero-order valence-corrected chi connectivity index (χ0v) is 10.5. The maximum absolute atomic E-state index is 12.2. The number of aromatic carboxylic acids is 1. The topological polar surface area (TPSA) is 82.8 Å². The van der Waals surface area contributed by atoms with E-state index < -0.39 is 24.7 Å². The standard InChI is InChI=1S/C11H13F3N2O4/c1-2-16(6-11(12,13)14)10(19)15-5-7-3-4-8(20-7)9(17)18/h3-4H,2,5-6H2,1H3,(H,15,19)(H,17,18). The Morgan fingerprint density at radius 3 is 2.50 bits per heavy atom. The van der Waals surface area contributed by atoms with Gasteiger partial charge in [0.1, 0.15) is 12.3 Å². The molecule has 0 atom stereocenters. The predicted octanol–water partition coefficient (Wildman–Crippen LogP) is 2.07. The Hall–Kier alpha value is -2.19. The Labute approximate surface area is 112 Å². The largest absolute Gasteiger partial charge is 0.475 e. The second kappa shape index (κ2) is 6.31. The molecule has 9 heteroatoms. The van der Waals surface area contributed by atoms with Crippen LogP contribution in [0.15, 0.2) is 16.5 Å². The molecule has 0 saturated carbocycles. The van der Waals surface area contributed by atoms with Crippen molar-refractivity contribution in [1.82, 2.24) is 10.2 Å². The van der Waals surface area contributed by atoms with E-state index in [2.05, 4.69) is 5.32 Å². The first-order valence-corrected chi connectivity index (χ1v) is 5.64. The molecule has 0 radical (unpaired) electrons. The zero-order valence-electron chi connectivity index (χ0n) is 10.5. The molecular formula is C11H13F3N2O4. The highest BCUT2D eigenvalue weighted by Gasteiger charge is 2.32. The second-order valence-corrected chi connectivity index (χ2v) is 3.86. The Morgan fingerprint density at radius 2 is 2.05 bits per heavy atom. The van der Waals surface area contributed by atoms with Gasteiger partial charge in [0, 0.05) is 6.54 Å². The Kier molecular flexibility index (Phi) is 5.00. The first-order chi connectivity index (χ1) is 9.23. The van der Waals surface area contributed by atoms with E-state index >= 15 is 0 Å². The molecule has 1 heterocycles. The Bertz CT molecular complexity index is 484. The van der Waals surface area contributed by atoms with Crippen LogP contribution in [0.4, 0.5) is 18.0 Å². The van der Waals surface area contributed by atoms with Gasteiger partial charge in [0.05, 0.1) is 6.54 Å². The molecule has 0 aliphatic carbocycles. The number of carbonyl (C=O) groups excluding carboxylic acids is 1. The normalized spacial score (nSPS) is 11.2. The molecule has 0 bridgehead atoms. The number of rotatable bonds is 5. The SMILES string of the molecule is CCN(CC(F)(F)F)C(=O)NCc1ccc(C(=O)O)o1. The summed E-state index contributed by atoms with van der Waals surface area (Å²) >= 11 is 0. The van der Waals surface area contributed by atoms with Gasteiger partial charge < -0.3 is 19.7 Å². The van der Waals surface area contributed by atoms with E-state index in [1.165, 1.54) is 19.1 Å². The number of urea groups is 1. The summed E-state index contributed by atoms with van der Waals surface area (Å²) in [5, 5.41) is 10.8. The van der Waals surface area contributed by atoms with Gasteiger partial charge in [-0.05, 0) is 19.1 Å².